The van der Waals surface area contributed by atoms with E-state index in [-0.39, 0.29) is 15.1 Å². The fraction of sp³-hybridized carbons (Fsp3) is 0. The first-order chi connectivity index (χ1) is 13.1. The molecule has 5 nitrogen and oxygen atoms in total. The van der Waals surface area contributed by atoms with E-state index in [9.17, 15) is 8.42 Å². The van der Waals surface area contributed by atoms with Gasteiger partial charge in [-0.2, -0.15) is 4.98 Å². The molecule has 0 atom stereocenters. The quantitative estimate of drug-likeness (QED) is 0.499. The number of hydrogen-bond acceptors (Lipinski definition) is 5. The van der Waals surface area contributed by atoms with Crippen LogP contribution in [0, 0.1) is 0 Å². The van der Waals surface area contributed by atoms with Crippen LogP contribution in [0.3, 0.4) is 0 Å². The van der Waals surface area contributed by atoms with E-state index in [1.807, 2.05) is 24.3 Å². The van der Waals surface area contributed by atoms with Gasteiger partial charge in [-0.15, -0.1) is 0 Å². The van der Waals surface area contributed by atoms with Crippen molar-refractivity contribution in [2.24, 2.45) is 0 Å². The fourth-order valence-electron chi connectivity index (χ4n) is 2.80. The summed E-state index contributed by atoms with van der Waals surface area (Å²) < 4.78 is 26.2. The Hall–Kier alpha value is -2.96. The first kappa shape index (κ1) is 17.5. The lowest BCUT2D eigenvalue weighted by atomic mass is 10.2. The molecule has 0 unspecified atom stereocenters. The molecule has 0 saturated carbocycles. The van der Waals surface area contributed by atoms with Gasteiger partial charge in [0.25, 0.3) is 0 Å². The van der Waals surface area contributed by atoms with Crippen molar-refractivity contribution in [1.29, 1.82) is 0 Å². The summed E-state index contributed by atoms with van der Waals surface area (Å²) in [5.41, 5.74) is 1.09. The van der Waals surface area contributed by atoms with Crippen LogP contribution in [0.25, 0.3) is 10.9 Å². The normalized spacial score (nSPS) is 11.4. The van der Waals surface area contributed by atoms with Gasteiger partial charge in [0.2, 0.25) is 15.1 Å². The summed E-state index contributed by atoms with van der Waals surface area (Å²) >= 11 is 6.04. The molecule has 0 aliphatic carbocycles. The molecule has 3 aromatic carbocycles. The van der Waals surface area contributed by atoms with Crippen LogP contribution < -0.4 is 5.32 Å². The van der Waals surface area contributed by atoms with E-state index >= 15 is 0 Å². The van der Waals surface area contributed by atoms with Crippen LogP contribution in [-0.2, 0) is 9.84 Å². The Morgan fingerprint density at radius 2 is 1.44 bits per heavy atom. The maximum atomic E-state index is 13.1. The summed E-state index contributed by atoms with van der Waals surface area (Å²) in [4.78, 5) is 8.82. The van der Waals surface area contributed by atoms with Crippen molar-refractivity contribution in [3.8, 4) is 0 Å². The number of benzene rings is 3. The Kier molecular flexibility index (Phi) is 4.51. The first-order valence-corrected chi connectivity index (χ1v) is 10.0. The highest BCUT2D eigenvalue weighted by atomic mass is 35.5. The van der Waals surface area contributed by atoms with Crippen LogP contribution in [0.15, 0.2) is 88.7 Å². The second-order valence-corrected chi connectivity index (χ2v) is 8.05. The number of anilines is 2. The molecular formula is C20H14ClN3O2S. The lowest BCUT2D eigenvalue weighted by Gasteiger charge is -2.13. The monoisotopic (exact) mass is 395 g/mol. The van der Waals surface area contributed by atoms with Crippen molar-refractivity contribution in [3.05, 3.63) is 84.1 Å². The van der Waals surface area contributed by atoms with E-state index in [0.717, 1.165) is 5.39 Å². The number of hydrogen-bond donors (Lipinski definition) is 1. The Bertz CT molecular complexity index is 1230. The number of halogens is 1. The molecule has 7 heteroatoms. The summed E-state index contributed by atoms with van der Waals surface area (Å²) in [5.74, 6) is 0.446. The van der Waals surface area contributed by atoms with Crippen LogP contribution in [0.1, 0.15) is 0 Å². The van der Waals surface area contributed by atoms with E-state index in [4.69, 9.17) is 11.6 Å². The molecule has 0 aliphatic rings. The standard InChI is InChI=1S/C20H14ClN3O2S/c21-20-23-16-11-5-4-10-15(16)19(24-20)22-17-12-6-7-13-18(17)27(25,26)14-8-2-1-3-9-14/h1-13H,(H,22,23,24). The summed E-state index contributed by atoms with van der Waals surface area (Å²) in [7, 11) is -3.69. The third kappa shape index (κ3) is 3.37. The SMILES string of the molecule is O=S(=O)(c1ccccc1)c1ccccc1Nc1nc(Cl)nc2ccccc12. The number of sulfone groups is 1. The summed E-state index contributed by atoms with van der Waals surface area (Å²) in [6.07, 6.45) is 0. The Morgan fingerprint density at radius 1 is 0.778 bits per heavy atom. The van der Waals surface area contributed by atoms with Crippen molar-refractivity contribution >= 4 is 43.8 Å². The fourth-order valence-corrected chi connectivity index (χ4v) is 4.41. The average molecular weight is 396 g/mol. The molecule has 1 heterocycles. The third-order valence-corrected chi connectivity index (χ3v) is 6.06. The molecule has 27 heavy (non-hydrogen) atoms. The van der Waals surface area contributed by atoms with Crippen LogP contribution in [0.4, 0.5) is 11.5 Å². The largest absolute Gasteiger partial charge is 0.338 e. The predicted molar refractivity (Wildman–Crippen MR) is 106 cm³/mol. The highest BCUT2D eigenvalue weighted by molar-refractivity contribution is 7.91. The van der Waals surface area contributed by atoms with Crippen molar-refractivity contribution in [3.63, 3.8) is 0 Å². The molecule has 0 aliphatic heterocycles. The number of fused-ring (bicyclic) bond motifs is 1. The number of nitrogens with one attached hydrogen (secondary N) is 1. The minimum atomic E-state index is -3.69. The Morgan fingerprint density at radius 3 is 2.26 bits per heavy atom. The van der Waals surface area contributed by atoms with Gasteiger partial charge < -0.3 is 5.32 Å². The maximum absolute atomic E-state index is 13.1. The zero-order valence-corrected chi connectivity index (χ0v) is 15.6. The number of para-hydroxylation sites is 2. The van der Waals surface area contributed by atoms with Crippen LogP contribution in [0.5, 0.6) is 0 Å². The van der Waals surface area contributed by atoms with Crippen molar-refractivity contribution in [2.75, 3.05) is 5.32 Å². The van der Waals surface area contributed by atoms with Gasteiger partial charge >= 0.3 is 0 Å². The van der Waals surface area contributed by atoms with Gasteiger partial charge in [-0.05, 0) is 48.0 Å². The highest BCUT2D eigenvalue weighted by Crippen LogP contribution is 2.31. The molecule has 1 N–H and O–H groups in total. The highest BCUT2D eigenvalue weighted by Gasteiger charge is 2.21. The summed E-state index contributed by atoms with van der Waals surface area (Å²) in [6.45, 7) is 0. The summed E-state index contributed by atoms with van der Waals surface area (Å²) in [6, 6.07) is 22.4. The molecular weight excluding hydrogens is 382 g/mol. The van der Waals surface area contributed by atoms with Gasteiger partial charge in [0.15, 0.2) is 0 Å². The number of aromatic nitrogens is 2. The lowest BCUT2D eigenvalue weighted by molar-refractivity contribution is 0.596. The second kappa shape index (κ2) is 6.98. The zero-order chi connectivity index (χ0) is 18.9. The minimum absolute atomic E-state index is 0.0830. The lowest BCUT2D eigenvalue weighted by Crippen LogP contribution is -2.06. The third-order valence-electron chi connectivity index (χ3n) is 4.06. The molecule has 4 rings (SSSR count). The molecule has 0 amide bonds. The Labute approximate surface area is 161 Å². The van der Waals surface area contributed by atoms with E-state index in [0.29, 0.717) is 17.0 Å². The molecule has 0 radical (unpaired) electrons. The van der Waals surface area contributed by atoms with Crippen molar-refractivity contribution < 1.29 is 8.42 Å². The van der Waals surface area contributed by atoms with Crippen LogP contribution in [0.2, 0.25) is 5.28 Å². The second-order valence-electron chi connectivity index (χ2n) is 5.80. The van der Waals surface area contributed by atoms with Gasteiger partial charge in [0, 0.05) is 5.39 Å². The minimum Gasteiger partial charge on any atom is -0.338 e. The molecule has 4 aromatic rings. The number of nitrogens with zero attached hydrogens (tertiary/aromatic N) is 2. The van der Waals surface area contributed by atoms with Crippen LogP contribution >= 0.6 is 11.6 Å². The molecule has 134 valence electrons. The number of rotatable bonds is 4. The van der Waals surface area contributed by atoms with E-state index in [2.05, 4.69) is 15.3 Å². The molecule has 1 aromatic heterocycles. The molecule has 0 spiro atoms. The molecule has 0 fully saturated rings. The van der Waals surface area contributed by atoms with E-state index in [1.54, 1.807) is 54.6 Å². The van der Waals surface area contributed by atoms with Gasteiger partial charge in [-0.1, -0.05) is 42.5 Å². The van der Waals surface area contributed by atoms with Gasteiger partial charge in [0.1, 0.15) is 5.82 Å². The predicted octanol–water partition coefficient (Wildman–Crippen LogP) is 4.86. The van der Waals surface area contributed by atoms with Gasteiger partial charge in [-0.25, -0.2) is 13.4 Å². The Balaban J connectivity index is 1.84. The van der Waals surface area contributed by atoms with Gasteiger partial charge in [-0.3, -0.25) is 0 Å². The first-order valence-electron chi connectivity index (χ1n) is 8.14. The average Bonchev–Trinajstić information content (AvgIpc) is 2.69. The van der Waals surface area contributed by atoms with Crippen LogP contribution in [-0.4, -0.2) is 18.4 Å². The van der Waals surface area contributed by atoms with Crippen molar-refractivity contribution in [2.45, 2.75) is 9.79 Å². The van der Waals surface area contributed by atoms with Gasteiger partial charge in [0.05, 0.1) is 21.0 Å². The smallest absolute Gasteiger partial charge is 0.224 e. The van der Waals surface area contributed by atoms with E-state index < -0.39 is 9.84 Å². The molecule has 0 bridgehead atoms. The van der Waals surface area contributed by atoms with Crippen molar-refractivity contribution in [1.82, 2.24) is 9.97 Å². The maximum Gasteiger partial charge on any atom is 0.224 e. The zero-order valence-electron chi connectivity index (χ0n) is 14.0. The topological polar surface area (TPSA) is 72.0 Å². The van der Waals surface area contributed by atoms with E-state index in [1.165, 1.54) is 0 Å². The summed E-state index contributed by atoms with van der Waals surface area (Å²) in [5, 5.41) is 3.94. The molecule has 0 saturated heterocycles.